The molecule has 0 bridgehead atoms. The van der Waals surface area contributed by atoms with Crippen LogP contribution in [0.1, 0.15) is 46.1 Å². The van der Waals surface area contributed by atoms with E-state index in [9.17, 15) is 0 Å². The van der Waals surface area contributed by atoms with Gasteiger partial charge < -0.3 is 5.32 Å². The predicted octanol–water partition coefficient (Wildman–Crippen LogP) is 4.89. The molecule has 1 rings (SSSR count). The van der Waals surface area contributed by atoms with Crippen LogP contribution in [-0.4, -0.2) is 13.1 Å². The number of benzene rings is 1. The molecule has 0 radical (unpaired) electrons. The van der Waals surface area contributed by atoms with Crippen molar-refractivity contribution in [2.75, 3.05) is 13.1 Å². The molecule has 0 aliphatic heterocycles. The summed E-state index contributed by atoms with van der Waals surface area (Å²) in [7, 11) is 0. The van der Waals surface area contributed by atoms with Crippen molar-refractivity contribution in [1.29, 1.82) is 0 Å². The molecule has 108 valence electrons. The SMILES string of the molecule is CCC(CC)(CNCC(C)C)Cc1ccc(I)cc1. The molecule has 1 aromatic carbocycles. The van der Waals surface area contributed by atoms with Crippen molar-refractivity contribution in [2.45, 2.75) is 47.0 Å². The Labute approximate surface area is 132 Å². The molecule has 0 fully saturated rings. The molecule has 1 aromatic rings. The highest BCUT2D eigenvalue weighted by Gasteiger charge is 2.26. The molecular formula is C17H28IN. The van der Waals surface area contributed by atoms with Gasteiger partial charge in [0.25, 0.3) is 0 Å². The summed E-state index contributed by atoms with van der Waals surface area (Å²) in [5.41, 5.74) is 1.87. The van der Waals surface area contributed by atoms with Crippen molar-refractivity contribution in [3.05, 3.63) is 33.4 Å². The van der Waals surface area contributed by atoms with E-state index in [-0.39, 0.29) is 0 Å². The van der Waals surface area contributed by atoms with Crippen molar-refractivity contribution in [2.24, 2.45) is 11.3 Å². The minimum atomic E-state index is 0.404. The molecule has 0 spiro atoms. The molecule has 0 saturated carbocycles. The van der Waals surface area contributed by atoms with Crippen LogP contribution in [0.3, 0.4) is 0 Å². The van der Waals surface area contributed by atoms with Gasteiger partial charge in [-0.1, -0.05) is 39.8 Å². The molecule has 0 unspecified atom stereocenters. The van der Waals surface area contributed by atoms with E-state index in [2.05, 4.69) is 79.9 Å². The average molecular weight is 373 g/mol. The maximum absolute atomic E-state index is 3.66. The summed E-state index contributed by atoms with van der Waals surface area (Å²) in [5.74, 6) is 0.727. The Morgan fingerprint density at radius 2 is 1.68 bits per heavy atom. The van der Waals surface area contributed by atoms with Gasteiger partial charge in [-0.2, -0.15) is 0 Å². The fourth-order valence-electron chi connectivity index (χ4n) is 2.47. The van der Waals surface area contributed by atoms with E-state index in [4.69, 9.17) is 0 Å². The van der Waals surface area contributed by atoms with E-state index in [0.717, 1.165) is 19.0 Å². The van der Waals surface area contributed by atoms with Crippen molar-refractivity contribution in [1.82, 2.24) is 5.32 Å². The predicted molar refractivity (Wildman–Crippen MR) is 93.6 cm³/mol. The Hall–Kier alpha value is -0.0900. The van der Waals surface area contributed by atoms with Gasteiger partial charge in [-0.25, -0.2) is 0 Å². The molecule has 0 aromatic heterocycles. The smallest absolute Gasteiger partial charge is 0.0130 e. The monoisotopic (exact) mass is 373 g/mol. The van der Waals surface area contributed by atoms with Crippen LogP contribution in [0.25, 0.3) is 0 Å². The minimum Gasteiger partial charge on any atom is -0.316 e. The lowest BCUT2D eigenvalue weighted by Crippen LogP contribution is -2.37. The van der Waals surface area contributed by atoms with Crippen LogP contribution in [0.5, 0.6) is 0 Å². The molecule has 19 heavy (non-hydrogen) atoms. The van der Waals surface area contributed by atoms with E-state index in [1.165, 1.54) is 28.4 Å². The fourth-order valence-corrected chi connectivity index (χ4v) is 2.83. The maximum Gasteiger partial charge on any atom is 0.0130 e. The van der Waals surface area contributed by atoms with Crippen LogP contribution in [0, 0.1) is 14.9 Å². The van der Waals surface area contributed by atoms with Crippen LogP contribution in [0.4, 0.5) is 0 Å². The van der Waals surface area contributed by atoms with Crippen molar-refractivity contribution < 1.29 is 0 Å². The summed E-state index contributed by atoms with van der Waals surface area (Å²) < 4.78 is 1.32. The summed E-state index contributed by atoms with van der Waals surface area (Å²) in [6.07, 6.45) is 3.66. The Morgan fingerprint density at radius 1 is 1.11 bits per heavy atom. The number of halogens is 1. The Balaban J connectivity index is 2.66. The first kappa shape index (κ1) is 17.0. The fraction of sp³-hybridized carbons (Fsp3) is 0.647. The van der Waals surface area contributed by atoms with Crippen LogP contribution >= 0.6 is 22.6 Å². The normalized spacial score (nSPS) is 12.1. The van der Waals surface area contributed by atoms with Crippen molar-refractivity contribution in [3.8, 4) is 0 Å². The van der Waals surface area contributed by atoms with E-state index in [1.54, 1.807) is 0 Å². The second kappa shape index (κ2) is 8.25. The largest absolute Gasteiger partial charge is 0.316 e. The lowest BCUT2D eigenvalue weighted by Gasteiger charge is -2.33. The summed E-state index contributed by atoms with van der Waals surface area (Å²) in [5, 5.41) is 3.66. The lowest BCUT2D eigenvalue weighted by atomic mass is 9.77. The van der Waals surface area contributed by atoms with Gasteiger partial charge in [0, 0.05) is 10.1 Å². The van der Waals surface area contributed by atoms with Gasteiger partial charge in [0.15, 0.2) is 0 Å². The number of rotatable bonds is 8. The van der Waals surface area contributed by atoms with E-state index in [1.807, 2.05) is 0 Å². The third-order valence-electron chi connectivity index (χ3n) is 4.04. The van der Waals surface area contributed by atoms with Crippen molar-refractivity contribution >= 4 is 22.6 Å². The first-order valence-electron chi connectivity index (χ1n) is 7.46. The quantitative estimate of drug-likeness (QED) is 0.640. The molecule has 0 saturated heterocycles. The van der Waals surface area contributed by atoms with E-state index < -0.39 is 0 Å². The third kappa shape index (κ3) is 5.82. The van der Waals surface area contributed by atoms with Crippen LogP contribution in [0.2, 0.25) is 0 Å². The molecule has 1 N–H and O–H groups in total. The van der Waals surface area contributed by atoms with Gasteiger partial charge in [-0.3, -0.25) is 0 Å². The Bertz CT molecular complexity index is 352. The number of hydrogen-bond donors (Lipinski definition) is 1. The Kier molecular flexibility index (Phi) is 7.37. The molecule has 0 amide bonds. The first-order valence-corrected chi connectivity index (χ1v) is 8.54. The Morgan fingerprint density at radius 3 is 2.16 bits per heavy atom. The van der Waals surface area contributed by atoms with Gasteiger partial charge in [-0.05, 0) is 77.4 Å². The highest BCUT2D eigenvalue weighted by Crippen LogP contribution is 2.30. The molecular weight excluding hydrogens is 345 g/mol. The summed E-state index contributed by atoms with van der Waals surface area (Å²) >= 11 is 2.37. The molecule has 0 aliphatic carbocycles. The molecule has 2 heteroatoms. The maximum atomic E-state index is 3.66. The third-order valence-corrected chi connectivity index (χ3v) is 4.76. The van der Waals surface area contributed by atoms with Gasteiger partial charge in [0.05, 0.1) is 0 Å². The number of hydrogen-bond acceptors (Lipinski definition) is 1. The molecule has 1 nitrogen and oxygen atoms in total. The van der Waals surface area contributed by atoms with E-state index >= 15 is 0 Å². The topological polar surface area (TPSA) is 12.0 Å². The highest BCUT2D eigenvalue weighted by molar-refractivity contribution is 14.1. The minimum absolute atomic E-state index is 0.404. The van der Waals surface area contributed by atoms with Gasteiger partial charge in [-0.15, -0.1) is 0 Å². The second-order valence-corrected chi connectivity index (χ2v) is 7.28. The van der Waals surface area contributed by atoms with Gasteiger partial charge in [0.1, 0.15) is 0 Å². The number of nitrogens with one attached hydrogen (secondary N) is 1. The zero-order valence-corrected chi connectivity index (χ0v) is 15.0. The molecule has 0 aliphatic rings. The average Bonchev–Trinajstić information content (AvgIpc) is 2.40. The first-order chi connectivity index (χ1) is 9.01. The molecule has 0 heterocycles. The van der Waals surface area contributed by atoms with Gasteiger partial charge >= 0.3 is 0 Å². The zero-order chi connectivity index (χ0) is 14.3. The summed E-state index contributed by atoms with van der Waals surface area (Å²) in [6, 6.07) is 9.00. The van der Waals surface area contributed by atoms with Crippen LogP contribution in [-0.2, 0) is 6.42 Å². The standard InChI is InChI=1S/C17H28IN/c1-5-17(6-2,13-19-12-14(3)4)11-15-7-9-16(18)10-8-15/h7-10,14,19H,5-6,11-13H2,1-4H3. The summed E-state index contributed by atoms with van der Waals surface area (Å²) in [6.45, 7) is 11.4. The second-order valence-electron chi connectivity index (χ2n) is 6.04. The van der Waals surface area contributed by atoms with Crippen LogP contribution < -0.4 is 5.32 Å². The van der Waals surface area contributed by atoms with Crippen LogP contribution in [0.15, 0.2) is 24.3 Å². The van der Waals surface area contributed by atoms with Crippen molar-refractivity contribution in [3.63, 3.8) is 0 Å². The summed E-state index contributed by atoms with van der Waals surface area (Å²) in [4.78, 5) is 0. The zero-order valence-electron chi connectivity index (χ0n) is 12.8. The highest BCUT2D eigenvalue weighted by atomic mass is 127. The van der Waals surface area contributed by atoms with Gasteiger partial charge in [0.2, 0.25) is 0 Å². The molecule has 0 atom stereocenters. The van der Waals surface area contributed by atoms with E-state index in [0.29, 0.717) is 5.41 Å². The lowest BCUT2D eigenvalue weighted by molar-refractivity contribution is 0.243.